The number of carbonyl (C=O) groups is 3. The van der Waals surface area contributed by atoms with Gasteiger partial charge >= 0.3 is 12.1 Å². The molecule has 1 amide bonds. The van der Waals surface area contributed by atoms with Gasteiger partial charge in [-0.05, 0) is 5.56 Å². The van der Waals surface area contributed by atoms with Crippen LogP contribution in [0.15, 0.2) is 30.3 Å². The van der Waals surface area contributed by atoms with Crippen molar-refractivity contribution in [2.75, 3.05) is 5.75 Å². The van der Waals surface area contributed by atoms with Gasteiger partial charge in [-0.2, -0.15) is 0 Å². The van der Waals surface area contributed by atoms with E-state index in [2.05, 4.69) is 5.32 Å². The number of ether oxygens (including phenoxy) is 1. The number of amides is 1. The summed E-state index contributed by atoms with van der Waals surface area (Å²) in [5.41, 5.74) is 0.799. The van der Waals surface area contributed by atoms with E-state index in [-0.39, 0.29) is 17.5 Å². The molecule has 1 aromatic rings. The molecule has 0 aliphatic carbocycles. The zero-order valence-electron chi connectivity index (χ0n) is 10.9. The number of carboxylic acids is 1. The van der Waals surface area contributed by atoms with Crippen molar-refractivity contribution < 1.29 is 24.2 Å². The van der Waals surface area contributed by atoms with Crippen LogP contribution in [0, 0.1) is 0 Å². The predicted molar refractivity (Wildman–Crippen MR) is 74.3 cm³/mol. The van der Waals surface area contributed by atoms with E-state index in [1.165, 1.54) is 6.92 Å². The molecule has 20 heavy (non-hydrogen) atoms. The summed E-state index contributed by atoms with van der Waals surface area (Å²) in [6, 6.07) is 7.86. The van der Waals surface area contributed by atoms with Crippen LogP contribution >= 0.6 is 11.8 Å². The Kier molecular flexibility index (Phi) is 6.58. The Balaban J connectivity index is 2.41. The second kappa shape index (κ2) is 8.21. The molecule has 1 aromatic carbocycles. The van der Waals surface area contributed by atoms with Crippen LogP contribution < -0.4 is 5.32 Å². The molecule has 0 saturated heterocycles. The van der Waals surface area contributed by atoms with E-state index in [1.54, 1.807) is 24.3 Å². The van der Waals surface area contributed by atoms with Crippen LogP contribution in [0.4, 0.5) is 4.79 Å². The number of carboxylic acid groups (broad SMARTS) is 1. The summed E-state index contributed by atoms with van der Waals surface area (Å²) in [6.45, 7) is 1.39. The third-order valence-corrected chi connectivity index (χ3v) is 3.16. The Morgan fingerprint density at radius 1 is 1.30 bits per heavy atom. The summed E-state index contributed by atoms with van der Waals surface area (Å²) in [7, 11) is 0. The lowest BCUT2D eigenvalue weighted by Crippen LogP contribution is -2.43. The lowest BCUT2D eigenvalue weighted by molar-refractivity contribution is -0.138. The van der Waals surface area contributed by atoms with Crippen molar-refractivity contribution in [3.05, 3.63) is 35.9 Å². The van der Waals surface area contributed by atoms with E-state index in [1.807, 2.05) is 6.07 Å². The molecule has 0 spiro atoms. The van der Waals surface area contributed by atoms with E-state index in [9.17, 15) is 14.4 Å². The molecule has 0 bridgehead atoms. The predicted octanol–water partition coefficient (Wildman–Crippen LogP) is 1.65. The molecule has 1 rings (SSSR count). The van der Waals surface area contributed by atoms with Crippen LogP contribution in [-0.4, -0.2) is 34.1 Å². The van der Waals surface area contributed by atoms with Crippen LogP contribution in [0.1, 0.15) is 12.5 Å². The highest BCUT2D eigenvalue weighted by Gasteiger charge is 2.21. The first-order chi connectivity index (χ1) is 9.49. The second-order valence-corrected chi connectivity index (χ2v) is 5.10. The molecule has 0 heterocycles. The Labute approximate surface area is 120 Å². The SMILES string of the molecule is CC(=O)SC[C@@H](NC(=O)OCc1ccccc1)C(=O)O. The van der Waals surface area contributed by atoms with Gasteiger partial charge in [0.1, 0.15) is 12.6 Å². The zero-order chi connectivity index (χ0) is 15.0. The Hall–Kier alpha value is -2.02. The van der Waals surface area contributed by atoms with Crippen LogP contribution in [-0.2, 0) is 20.9 Å². The third-order valence-electron chi connectivity index (χ3n) is 2.26. The highest BCUT2D eigenvalue weighted by atomic mass is 32.2. The zero-order valence-corrected chi connectivity index (χ0v) is 11.7. The highest BCUT2D eigenvalue weighted by Crippen LogP contribution is 2.05. The minimum Gasteiger partial charge on any atom is -0.480 e. The van der Waals surface area contributed by atoms with Gasteiger partial charge in [0.2, 0.25) is 0 Å². The van der Waals surface area contributed by atoms with Crippen LogP contribution in [0.3, 0.4) is 0 Å². The molecule has 0 saturated carbocycles. The average molecular weight is 297 g/mol. The number of hydrogen-bond donors (Lipinski definition) is 2. The lowest BCUT2D eigenvalue weighted by atomic mass is 10.2. The van der Waals surface area contributed by atoms with Crippen LogP contribution in [0.2, 0.25) is 0 Å². The lowest BCUT2D eigenvalue weighted by Gasteiger charge is -2.13. The molecule has 1 atom stereocenters. The number of carbonyl (C=O) groups excluding carboxylic acids is 2. The van der Waals surface area contributed by atoms with E-state index in [0.717, 1.165) is 17.3 Å². The van der Waals surface area contributed by atoms with Crippen molar-refractivity contribution >= 4 is 28.9 Å². The molecule has 0 aliphatic heterocycles. The fraction of sp³-hybridized carbons (Fsp3) is 0.308. The first kappa shape index (κ1) is 16.0. The van der Waals surface area contributed by atoms with Gasteiger partial charge in [-0.25, -0.2) is 9.59 Å². The van der Waals surface area contributed by atoms with Crippen molar-refractivity contribution in [3.8, 4) is 0 Å². The van der Waals surface area contributed by atoms with Gasteiger partial charge in [0.25, 0.3) is 0 Å². The molecule has 108 valence electrons. The molecule has 2 N–H and O–H groups in total. The first-order valence-corrected chi connectivity index (χ1v) is 6.81. The van der Waals surface area contributed by atoms with Gasteiger partial charge in [-0.15, -0.1) is 0 Å². The van der Waals surface area contributed by atoms with Crippen molar-refractivity contribution in [3.63, 3.8) is 0 Å². The molecule has 0 fully saturated rings. The summed E-state index contributed by atoms with van der Waals surface area (Å²) in [5, 5.41) is 10.9. The fourth-order valence-electron chi connectivity index (χ4n) is 1.28. The average Bonchev–Trinajstić information content (AvgIpc) is 2.41. The molecular formula is C13H15NO5S. The summed E-state index contributed by atoms with van der Waals surface area (Å²) in [6.07, 6.45) is -0.828. The Bertz CT molecular complexity index is 477. The number of hydrogen-bond acceptors (Lipinski definition) is 5. The topological polar surface area (TPSA) is 92.7 Å². The quantitative estimate of drug-likeness (QED) is 0.829. The molecule has 6 nitrogen and oxygen atoms in total. The summed E-state index contributed by atoms with van der Waals surface area (Å²) >= 11 is 0.834. The van der Waals surface area contributed by atoms with Gasteiger partial charge < -0.3 is 15.2 Å². The highest BCUT2D eigenvalue weighted by molar-refractivity contribution is 8.13. The number of thioether (sulfide) groups is 1. The molecule has 0 unspecified atom stereocenters. The maximum Gasteiger partial charge on any atom is 0.408 e. The van der Waals surface area contributed by atoms with Gasteiger partial charge in [-0.1, -0.05) is 42.1 Å². The maximum atomic E-state index is 11.5. The minimum absolute atomic E-state index is 0.0366. The van der Waals surface area contributed by atoms with E-state index in [4.69, 9.17) is 9.84 Å². The summed E-state index contributed by atoms with van der Waals surface area (Å²) in [5.74, 6) is -1.25. The largest absolute Gasteiger partial charge is 0.480 e. The smallest absolute Gasteiger partial charge is 0.408 e. The van der Waals surface area contributed by atoms with Crippen LogP contribution in [0.5, 0.6) is 0 Å². The van der Waals surface area contributed by atoms with Crippen molar-refractivity contribution in [1.29, 1.82) is 0 Å². The Morgan fingerprint density at radius 2 is 1.95 bits per heavy atom. The number of nitrogens with one attached hydrogen (secondary N) is 1. The third kappa shape index (κ3) is 6.24. The van der Waals surface area contributed by atoms with E-state index in [0.29, 0.717) is 0 Å². The first-order valence-electron chi connectivity index (χ1n) is 5.82. The monoisotopic (exact) mass is 297 g/mol. The van der Waals surface area contributed by atoms with E-state index < -0.39 is 18.1 Å². The van der Waals surface area contributed by atoms with E-state index >= 15 is 0 Å². The van der Waals surface area contributed by atoms with Gasteiger partial charge in [-0.3, -0.25) is 4.79 Å². The summed E-state index contributed by atoms with van der Waals surface area (Å²) < 4.78 is 4.91. The molecule has 0 aromatic heterocycles. The van der Waals surface area contributed by atoms with Crippen molar-refractivity contribution in [2.24, 2.45) is 0 Å². The Morgan fingerprint density at radius 3 is 2.50 bits per heavy atom. The molecular weight excluding hydrogens is 282 g/mol. The standard InChI is InChI=1S/C13H15NO5S/c1-9(15)20-8-11(12(16)17)14-13(18)19-7-10-5-3-2-4-6-10/h2-6,11H,7-8H2,1H3,(H,14,18)(H,16,17)/t11-/m1/s1. The normalized spacial score (nSPS) is 11.4. The minimum atomic E-state index is -1.21. The van der Waals surface area contributed by atoms with Gasteiger partial charge in [0.15, 0.2) is 5.12 Å². The van der Waals surface area contributed by atoms with Crippen molar-refractivity contribution in [1.82, 2.24) is 5.32 Å². The van der Waals surface area contributed by atoms with Crippen LogP contribution in [0.25, 0.3) is 0 Å². The summed E-state index contributed by atoms with van der Waals surface area (Å²) in [4.78, 5) is 33.2. The molecule has 7 heteroatoms. The maximum absolute atomic E-state index is 11.5. The molecule has 0 aliphatic rings. The van der Waals surface area contributed by atoms with Gasteiger partial charge in [0.05, 0.1) is 0 Å². The number of aliphatic carboxylic acids is 1. The fourth-order valence-corrected chi connectivity index (χ4v) is 1.91. The number of rotatable bonds is 6. The van der Waals surface area contributed by atoms with Crippen molar-refractivity contribution in [2.45, 2.75) is 19.6 Å². The number of alkyl carbamates (subject to hydrolysis) is 1. The van der Waals surface area contributed by atoms with Gasteiger partial charge in [0, 0.05) is 12.7 Å². The number of benzene rings is 1. The molecule has 0 radical (unpaired) electrons. The second-order valence-electron chi connectivity index (χ2n) is 3.90.